The van der Waals surface area contributed by atoms with Gasteiger partial charge in [-0.15, -0.1) is 0 Å². The maximum Gasteiger partial charge on any atom is 0.131 e. The summed E-state index contributed by atoms with van der Waals surface area (Å²) in [5.41, 5.74) is 0. The molecule has 0 aromatic heterocycles. The molecule has 0 amide bonds. The molecule has 3 rings (SSSR count). The maximum atomic E-state index is 13.7. The van der Waals surface area contributed by atoms with Crippen LogP contribution in [0.1, 0.15) is 90.4 Å². The molecule has 3 aliphatic carbocycles. The van der Waals surface area contributed by atoms with Crippen LogP contribution in [0.4, 0.5) is 8.78 Å². The van der Waals surface area contributed by atoms with E-state index in [4.69, 9.17) is 0 Å². The van der Waals surface area contributed by atoms with Gasteiger partial charge in [0, 0.05) is 0 Å². The van der Waals surface area contributed by atoms with Crippen LogP contribution in [0.5, 0.6) is 0 Å². The molecule has 3 saturated carbocycles. The molecule has 0 spiro atoms. The lowest BCUT2D eigenvalue weighted by Gasteiger charge is -2.40. The van der Waals surface area contributed by atoms with Crippen molar-refractivity contribution < 1.29 is 8.78 Å². The van der Waals surface area contributed by atoms with Crippen LogP contribution in [-0.2, 0) is 0 Å². The van der Waals surface area contributed by atoms with Gasteiger partial charge in [0.15, 0.2) is 0 Å². The highest BCUT2D eigenvalue weighted by Crippen LogP contribution is 2.47. The zero-order chi connectivity index (χ0) is 16.2. The number of alkyl halides is 2. The van der Waals surface area contributed by atoms with Gasteiger partial charge in [-0.25, -0.2) is 8.78 Å². The normalized spacial score (nSPS) is 36.4. The van der Waals surface area contributed by atoms with Gasteiger partial charge in [0.05, 0.1) is 0 Å². The third-order valence-electron chi connectivity index (χ3n) is 6.92. The van der Waals surface area contributed by atoms with Gasteiger partial charge in [0.2, 0.25) is 0 Å². The van der Waals surface area contributed by atoms with E-state index in [1.54, 1.807) is 5.92 Å². The van der Waals surface area contributed by atoms with Gasteiger partial charge in [-0.05, 0) is 100 Å². The molecule has 2 radical (unpaired) electrons. The van der Waals surface area contributed by atoms with Gasteiger partial charge in [0.25, 0.3) is 0 Å². The van der Waals surface area contributed by atoms with Crippen molar-refractivity contribution in [2.75, 3.05) is 0 Å². The Morgan fingerprint density at radius 2 is 1.35 bits per heavy atom. The van der Waals surface area contributed by atoms with Crippen molar-refractivity contribution in [2.45, 2.75) is 103 Å². The van der Waals surface area contributed by atoms with Gasteiger partial charge in [-0.3, -0.25) is 0 Å². The van der Waals surface area contributed by atoms with Crippen LogP contribution in [0.25, 0.3) is 0 Å². The Labute approximate surface area is 141 Å². The molecule has 0 heterocycles. The predicted molar refractivity (Wildman–Crippen MR) is 92.4 cm³/mol. The Bertz CT molecular complexity index is 340. The molecule has 0 aliphatic heterocycles. The minimum Gasteiger partial charge on any atom is -0.244 e. The summed E-state index contributed by atoms with van der Waals surface area (Å²) in [6.45, 7) is 2.30. The van der Waals surface area contributed by atoms with E-state index >= 15 is 0 Å². The van der Waals surface area contributed by atoms with E-state index in [1.807, 2.05) is 5.92 Å². The first kappa shape index (κ1) is 17.7. The molecule has 132 valence electrons. The Hall–Kier alpha value is -0.140. The SMILES string of the molecule is CCCC1CC[C](C2CC[C](C3CCC(F)C(F)C3)CC2)CC1. The summed E-state index contributed by atoms with van der Waals surface area (Å²) >= 11 is 0. The summed E-state index contributed by atoms with van der Waals surface area (Å²) in [6, 6.07) is 0. The molecule has 3 unspecified atom stereocenters. The first-order valence-corrected chi connectivity index (χ1v) is 10.1. The largest absolute Gasteiger partial charge is 0.244 e. The second kappa shape index (κ2) is 8.30. The topological polar surface area (TPSA) is 0 Å². The van der Waals surface area contributed by atoms with Gasteiger partial charge < -0.3 is 0 Å². The second-order valence-corrected chi connectivity index (χ2v) is 8.36. The van der Waals surface area contributed by atoms with Crippen LogP contribution in [0.15, 0.2) is 0 Å². The fourth-order valence-corrected chi connectivity index (χ4v) is 5.41. The summed E-state index contributed by atoms with van der Waals surface area (Å²) in [5.74, 6) is 5.60. The monoisotopic (exact) mass is 324 g/mol. The highest BCUT2D eigenvalue weighted by atomic mass is 19.2. The van der Waals surface area contributed by atoms with Crippen LogP contribution in [0.3, 0.4) is 0 Å². The number of rotatable bonds is 4. The summed E-state index contributed by atoms with van der Waals surface area (Å²) in [6.07, 6.45) is 12.6. The third kappa shape index (κ3) is 4.48. The zero-order valence-electron chi connectivity index (χ0n) is 14.8. The van der Waals surface area contributed by atoms with E-state index in [2.05, 4.69) is 6.92 Å². The molecule has 0 aromatic rings. The predicted octanol–water partition coefficient (Wildman–Crippen LogP) is 6.79. The van der Waals surface area contributed by atoms with E-state index < -0.39 is 12.3 Å². The Kier molecular flexibility index (Phi) is 6.38. The first-order chi connectivity index (χ1) is 11.2. The van der Waals surface area contributed by atoms with Gasteiger partial charge in [-0.2, -0.15) is 0 Å². The van der Waals surface area contributed by atoms with Crippen molar-refractivity contribution in [1.29, 1.82) is 0 Å². The molecule has 23 heavy (non-hydrogen) atoms. The van der Waals surface area contributed by atoms with Gasteiger partial charge in [-0.1, -0.05) is 19.8 Å². The highest BCUT2D eigenvalue weighted by Gasteiger charge is 2.38. The maximum absolute atomic E-state index is 13.7. The third-order valence-corrected chi connectivity index (χ3v) is 6.92. The minimum absolute atomic E-state index is 0.378. The summed E-state index contributed by atoms with van der Waals surface area (Å²) < 4.78 is 27.0. The Morgan fingerprint density at radius 3 is 1.96 bits per heavy atom. The smallest absolute Gasteiger partial charge is 0.131 e. The molecular weight excluding hydrogens is 290 g/mol. The fraction of sp³-hybridized carbons (Fsp3) is 0.905. The Morgan fingerprint density at radius 1 is 0.739 bits per heavy atom. The molecule has 3 aliphatic rings. The van der Waals surface area contributed by atoms with Crippen molar-refractivity contribution in [1.82, 2.24) is 0 Å². The average molecular weight is 324 g/mol. The van der Waals surface area contributed by atoms with E-state index in [-0.39, 0.29) is 0 Å². The van der Waals surface area contributed by atoms with E-state index in [1.165, 1.54) is 64.2 Å². The standard InChI is InChI=1S/C21H34F2/c1-2-3-15-4-6-16(7-5-15)17-8-10-18(11-9-17)19-12-13-20(22)21(23)14-19/h15,17,19-21H,2-14H2,1H3. The molecule has 0 saturated heterocycles. The quantitative estimate of drug-likeness (QED) is 0.534. The summed E-state index contributed by atoms with van der Waals surface area (Å²) in [4.78, 5) is 0. The van der Waals surface area contributed by atoms with Crippen LogP contribution in [0.2, 0.25) is 0 Å². The lowest BCUT2D eigenvalue weighted by atomic mass is 9.65. The number of hydrogen-bond acceptors (Lipinski definition) is 0. The lowest BCUT2D eigenvalue weighted by Crippen LogP contribution is -2.33. The molecule has 2 heteroatoms. The van der Waals surface area contributed by atoms with E-state index in [9.17, 15) is 8.78 Å². The van der Waals surface area contributed by atoms with Crippen molar-refractivity contribution in [2.24, 2.45) is 17.8 Å². The van der Waals surface area contributed by atoms with Crippen LogP contribution >= 0.6 is 0 Å². The summed E-state index contributed by atoms with van der Waals surface area (Å²) in [7, 11) is 0. The molecule has 0 N–H and O–H groups in total. The molecule has 0 bridgehead atoms. The van der Waals surface area contributed by atoms with Crippen molar-refractivity contribution in [3.63, 3.8) is 0 Å². The first-order valence-electron chi connectivity index (χ1n) is 10.1. The fourth-order valence-electron chi connectivity index (χ4n) is 5.41. The number of halogens is 2. The molecular formula is C21H34F2. The Balaban J connectivity index is 1.41. The summed E-state index contributed by atoms with van der Waals surface area (Å²) in [5, 5.41) is 0. The second-order valence-electron chi connectivity index (χ2n) is 8.36. The molecule has 0 nitrogen and oxygen atoms in total. The van der Waals surface area contributed by atoms with Crippen LogP contribution < -0.4 is 0 Å². The van der Waals surface area contributed by atoms with Crippen LogP contribution in [-0.4, -0.2) is 12.3 Å². The van der Waals surface area contributed by atoms with Crippen LogP contribution in [0, 0.1) is 29.6 Å². The van der Waals surface area contributed by atoms with Crippen molar-refractivity contribution >= 4 is 0 Å². The van der Waals surface area contributed by atoms with E-state index in [0.717, 1.165) is 18.3 Å². The highest BCUT2D eigenvalue weighted by molar-refractivity contribution is 5.08. The molecule has 3 atom stereocenters. The van der Waals surface area contributed by atoms with Gasteiger partial charge >= 0.3 is 0 Å². The zero-order valence-corrected chi connectivity index (χ0v) is 14.8. The van der Waals surface area contributed by atoms with Crippen molar-refractivity contribution in [3.05, 3.63) is 11.8 Å². The average Bonchev–Trinajstić information content (AvgIpc) is 2.59. The van der Waals surface area contributed by atoms with Crippen molar-refractivity contribution in [3.8, 4) is 0 Å². The van der Waals surface area contributed by atoms with Gasteiger partial charge in [0.1, 0.15) is 12.3 Å². The van der Waals surface area contributed by atoms with E-state index in [0.29, 0.717) is 18.8 Å². The molecule has 0 aromatic carbocycles. The molecule has 3 fully saturated rings. The lowest BCUT2D eigenvalue weighted by molar-refractivity contribution is 0.0875. The number of hydrogen-bond donors (Lipinski definition) is 0. The minimum atomic E-state index is -1.21.